The summed E-state index contributed by atoms with van der Waals surface area (Å²) in [4.78, 5) is 11.5. The van der Waals surface area contributed by atoms with Crippen LogP contribution >= 0.6 is 0 Å². The van der Waals surface area contributed by atoms with Crippen LogP contribution in [0.15, 0.2) is 42.5 Å². The summed E-state index contributed by atoms with van der Waals surface area (Å²) in [5, 5.41) is 0. The van der Waals surface area contributed by atoms with Crippen LogP contribution in [-0.4, -0.2) is 37.0 Å². The first-order valence-electron chi connectivity index (χ1n) is 6.32. The van der Waals surface area contributed by atoms with Crippen molar-refractivity contribution >= 4 is 15.9 Å². The second-order valence-electron chi connectivity index (χ2n) is 4.59. The van der Waals surface area contributed by atoms with Gasteiger partial charge in [-0.15, -0.1) is 0 Å². The Bertz CT molecular complexity index is 595. The minimum Gasteiger partial charge on any atom is -0.374 e. The Morgan fingerprint density at radius 3 is 2.70 bits per heavy atom. The fourth-order valence-electron chi connectivity index (χ4n) is 2.12. The molecule has 0 bridgehead atoms. The molecule has 2 rings (SSSR count). The van der Waals surface area contributed by atoms with Crippen molar-refractivity contribution in [1.82, 2.24) is 4.31 Å². The first kappa shape index (κ1) is 14.7. The Kier molecular flexibility index (Phi) is 4.57. The molecule has 108 valence electrons. The van der Waals surface area contributed by atoms with Crippen LogP contribution < -0.4 is 0 Å². The van der Waals surface area contributed by atoms with E-state index in [2.05, 4.69) is 0 Å². The van der Waals surface area contributed by atoms with Gasteiger partial charge in [0, 0.05) is 6.92 Å². The molecule has 0 N–H and O–H groups in total. The fraction of sp³-hybridized carbons (Fsp3) is 0.357. The van der Waals surface area contributed by atoms with E-state index in [-0.39, 0.29) is 12.4 Å². The highest BCUT2D eigenvalue weighted by Gasteiger charge is 2.33. The van der Waals surface area contributed by atoms with E-state index in [0.717, 1.165) is 9.87 Å². The Balaban J connectivity index is 1.99. The number of benzene rings is 1. The average Bonchev–Trinajstić information content (AvgIpc) is 2.38. The molecule has 1 atom stereocenters. The van der Waals surface area contributed by atoms with E-state index in [1.165, 1.54) is 6.92 Å². The maximum atomic E-state index is 11.9. The van der Waals surface area contributed by atoms with Crippen molar-refractivity contribution in [3.63, 3.8) is 0 Å². The fourth-order valence-corrected chi connectivity index (χ4v) is 3.57. The normalized spacial score (nSPS) is 20.9. The first-order valence-corrected chi connectivity index (χ1v) is 7.92. The van der Waals surface area contributed by atoms with Crippen LogP contribution in [0.4, 0.5) is 0 Å². The van der Waals surface area contributed by atoms with Crippen molar-refractivity contribution < 1.29 is 17.9 Å². The summed E-state index contributed by atoms with van der Waals surface area (Å²) in [6.07, 6.45) is 3.26. The lowest BCUT2D eigenvalue weighted by atomic mass is 10.2. The Labute approximate surface area is 118 Å². The number of amides is 1. The number of ether oxygens (including phenoxy) is 1. The van der Waals surface area contributed by atoms with Crippen LogP contribution in [-0.2, 0) is 26.2 Å². The van der Waals surface area contributed by atoms with Crippen LogP contribution in [0.1, 0.15) is 12.5 Å². The van der Waals surface area contributed by atoms with Crippen LogP contribution in [0.25, 0.3) is 0 Å². The molecule has 0 unspecified atom stereocenters. The van der Waals surface area contributed by atoms with Crippen molar-refractivity contribution in [2.24, 2.45) is 0 Å². The van der Waals surface area contributed by atoms with Crippen LogP contribution in [0.5, 0.6) is 0 Å². The standard InChI is InChI=1S/C14H17NO4S/c1-12(16)15-14(8-5-9-20(15,17)18)11-19-10-13-6-3-2-4-7-13/h2-8,14H,9-11H2,1H3/t14-/m1/s1. The lowest BCUT2D eigenvalue weighted by Gasteiger charge is -2.30. The van der Waals surface area contributed by atoms with Crippen LogP contribution in [0.3, 0.4) is 0 Å². The van der Waals surface area contributed by atoms with Crippen LogP contribution in [0.2, 0.25) is 0 Å². The third kappa shape index (κ3) is 3.46. The number of carbonyl (C=O) groups is 1. The van der Waals surface area contributed by atoms with Crippen molar-refractivity contribution in [3.05, 3.63) is 48.0 Å². The number of hydrogen-bond acceptors (Lipinski definition) is 4. The van der Waals surface area contributed by atoms with Gasteiger partial charge in [-0.05, 0) is 5.56 Å². The SMILES string of the molecule is CC(=O)N1[C@@H](COCc2ccccc2)C=CCS1(=O)=O. The van der Waals surface area contributed by atoms with E-state index in [1.54, 1.807) is 12.2 Å². The predicted octanol–water partition coefficient (Wildman–Crippen LogP) is 1.32. The summed E-state index contributed by atoms with van der Waals surface area (Å²) in [7, 11) is -3.55. The number of hydrogen-bond donors (Lipinski definition) is 0. The minimum atomic E-state index is -3.55. The highest BCUT2D eigenvalue weighted by molar-refractivity contribution is 7.89. The molecule has 1 amide bonds. The average molecular weight is 295 g/mol. The second-order valence-corrected chi connectivity index (χ2v) is 6.48. The molecule has 0 saturated carbocycles. The largest absolute Gasteiger partial charge is 0.374 e. The highest BCUT2D eigenvalue weighted by Crippen LogP contribution is 2.16. The summed E-state index contributed by atoms with van der Waals surface area (Å²) in [6.45, 7) is 1.79. The molecule has 1 aromatic rings. The van der Waals surface area contributed by atoms with Crippen molar-refractivity contribution in [3.8, 4) is 0 Å². The molecule has 1 aliphatic rings. The van der Waals surface area contributed by atoms with Crippen molar-refractivity contribution in [2.45, 2.75) is 19.6 Å². The summed E-state index contributed by atoms with van der Waals surface area (Å²) >= 11 is 0. The van der Waals surface area contributed by atoms with E-state index in [9.17, 15) is 13.2 Å². The number of nitrogens with zero attached hydrogens (tertiary/aromatic N) is 1. The van der Waals surface area contributed by atoms with Gasteiger partial charge in [0.05, 0.1) is 25.0 Å². The molecule has 6 heteroatoms. The van der Waals surface area contributed by atoms with E-state index in [1.807, 2.05) is 30.3 Å². The van der Waals surface area contributed by atoms with Gasteiger partial charge in [-0.2, -0.15) is 0 Å². The van der Waals surface area contributed by atoms with Crippen molar-refractivity contribution in [2.75, 3.05) is 12.4 Å². The number of sulfonamides is 1. The number of rotatable bonds is 4. The molecule has 0 fully saturated rings. The van der Waals surface area contributed by atoms with Gasteiger partial charge in [0.1, 0.15) is 0 Å². The maximum Gasteiger partial charge on any atom is 0.241 e. The lowest BCUT2D eigenvalue weighted by Crippen LogP contribution is -2.47. The molecule has 5 nitrogen and oxygen atoms in total. The van der Waals surface area contributed by atoms with Gasteiger partial charge in [0.25, 0.3) is 0 Å². The Morgan fingerprint density at radius 2 is 2.05 bits per heavy atom. The zero-order valence-electron chi connectivity index (χ0n) is 11.2. The number of carbonyl (C=O) groups excluding carboxylic acids is 1. The van der Waals surface area contributed by atoms with Crippen LogP contribution in [0, 0.1) is 0 Å². The molecule has 1 aliphatic heterocycles. The summed E-state index contributed by atoms with van der Waals surface area (Å²) in [5.74, 6) is -0.621. The van der Waals surface area contributed by atoms with E-state index in [4.69, 9.17) is 4.74 Å². The smallest absolute Gasteiger partial charge is 0.241 e. The molecular weight excluding hydrogens is 278 g/mol. The minimum absolute atomic E-state index is 0.137. The van der Waals surface area contributed by atoms with E-state index in [0.29, 0.717) is 6.61 Å². The Hall–Kier alpha value is -1.66. The van der Waals surface area contributed by atoms with Gasteiger partial charge < -0.3 is 4.74 Å². The maximum absolute atomic E-state index is 11.9. The van der Waals surface area contributed by atoms with E-state index >= 15 is 0 Å². The Morgan fingerprint density at radius 1 is 1.35 bits per heavy atom. The van der Waals surface area contributed by atoms with Crippen molar-refractivity contribution in [1.29, 1.82) is 0 Å². The van der Waals surface area contributed by atoms with Gasteiger partial charge in [-0.1, -0.05) is 42.5 Å². The van der Waals surface area contributed by atoms with Gasteiger partial charge >= 0.3 is 0 Å². The molecule has 0 radical (unpaired) electrons. The molecule has 0 saturated heterocycles. The zero-order valence-corrected chi connectivity index (χ0v) is 12.0. The predicted molar refractivity (Wildman–Crippen MR) is 75.3 cm³/mol. The molecule has 1 heterocycles. The molecular formula is C14H17NO4S. The summed E-state index contributed by atoms with van der Waals surface area (Å²) in [5.41, 5.74) is 1.00. The molecule has 0 aliphatic carbocycles. The molecule has 0 aromatic heterocycles. The zero-order chi connectivity index (χ0) is 14.6. The van der Waals surface area contributed by atoms with Gasteiger partial charge in [-0.3, -0.25) is 4.79 Å². The molecule has 1 aromatic carbocycles. The highest BCUT2D eigenvalue weighted by atomic mass is 32.2. The molecule has 20 heavy (non-hydrogen) atoms. The second kappa shape index (κ2) is 6.19. The monoisotopic (exact) mass is 295 g/mol. The quantitative estimate of drug-likeness (QED) is 0.786. The topological polar surface area (TPSA) is 63.7 Å². The van der Waals surface area contributed by atoms with Gasteiger partial charge in [-0.25, -0.2) is 12.7 Å². The summed E-state index contributed by atoms with van der Waals surface area (Å²) < 4.78 is 30.2. The third-order valence-electron chi connectivity index (χ3n) is 2.98. The first-order chi connectivity index (χ1) is 9.50. The van der Waals surface area contributed by atoms with Gasteiger partial charge in [0.2, 0.25) is 15.9 Å². The lowest BCUT2D eigenvalue weighted by molar-refractivity contribution is -0.126. The molecule has 0 spiro atoms. The van der Waals surface area contributed by atoms with E-state index < -0.39 is 22.0 Å². The third-order valence-corrected chi connectivity index (χ3v) is 4.72. The summed E-state index contributed by atoms with van der Waals surface area (Å²) in [6, 6.07) is 9.02. The van der Waals surface area contributed by atoms with Gasteiger partial charge in [0.15, 0.2) is 0 Å².